The predicted octanol–water partition coefficient (Wildman–Crippen LogP) is 1.51. The van der Waals surface area contributed by atoms with Crippen LogP contribution in [0.5, 0.6) is 0 Å². The van der Waals surface area contributed by atoms with E-state index in [2.05, 4.69) is 17.4 Å². The molecule has 2 amide bonds. The first-order valence-electron chi connectivity index (χ1n) is 10.7. The highest BCUT2D eigenvalue weighted by Gasteiger charge is 2.41. The molecule has 2 heterocycles. The zero-order valence-corrected chi connectivity index (χ0v) is 16.7. The number of amides is 2. The first-order chi connectivity index (χ1) is 14.1. The average Bonchev–Trinajstić information content (AvgIpc) is 3.07. The fraction of sp³-hybridized carbons (Fsp3) is 0.522. The summed E-state index contributed by atoms with van der Waals surface area (Å²) >= 11 is 0. The van der Waals surface area contributed by atoms with Crippen LogP contribution in [0.1, 0.15) is 44.1 Å². The number of nitrogens with zero attached hydrogens (tertiary/aromatic N) is 1. The number of nitrogens with two attached hydrogens (primary N) is 1. The van der Waals surface area contributed by atoms with Crippen LogP contribution < -0.4 is 5.32 Å². The zero-order chi connectivity index (χ0) is 20.3. The molecule has 154 valence electrons. The zero-order valence-electron chi connectivity index (χ0n) is 16.7. The Morgan fingerprint density at radius 2 is 1.62 bits per heavy atom. The molecule has 0 aromatic heterocycles. The molecule has 1 aromatic rings. The molecule has 0 radical (unpaired) electrons. The molecule has 2 aliphatic heterocycles. The Labute approximate surface area is 171 Å². The van der Waals surface area contributed by atoms with Crippen molar-refractivity contribution in [3.8, 4) is 0 Å². The van der Waals surface area contributed by atoms with Gasteiger partial charge in [0.2, 0.25) is 0 Å². The van der Waals surface area contributed by atoms with E-state index >= 15 is 0 Å². The topological polar surface area (TPSA) is 80.3 Å². The van der Waals surface area contributed by atoms with Gasteiger partial charge in [0.05, 0.1) is 19.0 Å². The highest BCUT2D eigenvalue weighted by molar-refractivity contribution is 6.12. The predicted molar refractivity (Wildman–Crippen MR) is 106 cm³/mol. The molecular formula is C23H29N2O4+. The first kappa shape index (κ1) is 19.8. The van der Waals surface area contributed by atoms with E-state index in [4.69, 9.17) is 4.74 Å². The SMILES string of the molecule is O=C(OC1(c2ccccc2)CC[NH2+]CC1)C1CCC(CN2C(=O)C=CC2=O)CC1. The molecule has 0 atom stereocenters. The Morgan fingerprint density at radius 3 is 2.24 bits per heavy atom. The van der Waals surface area contributed by atoms with Gasteiger partial charge in [-0.3, -0.25) is 19.3 Å². The fourth-order valence-corrected chi connectivity index (χ4v) is 4.86. The van der Waals surface area contributed by atoms with Gasteiger partial charge in [0.15, 0.2) is 0 Å². The van der Waals surface area contributed by atoms with Gasteiger partial charge in [0.1, 0.15) is 5.60 Å². The Bertz CT molecular complexity index is 772. The van der Waals surface area contributed by atoms with Crippen LogP contribution in [0.25, 0.3) is 0 Å². The van der Waals surface area contributed by atoms with Gasteiger partial charge in [0, 0.05) is 31.5 Å². The van der Waals surface area contributed by atoms with Crippen LogP contribution in [0.4, 0.5) is 0 Å². The summed E-state index contributed by atoms with van der Waals surface area (Å²) in [5.74, 6) is -0.380. The van der Waals surface area contributed by atoms with Crippen molar-refractivity contribution in [1.29, 1.82) is 0 Å². The van der Waals surface area contributed by atoms with Gasteiger partial charge in [-0.15, -0.1) is 0 Å². The van der Waals surface area contributed by atoms with E-state index < -0.39 is 5.60 Å². The Morgan fingerprint density at radius 1 is 1.00 bits per heavy atom. The third kappa shape index (κ3) is 4.27. The van der Waals surface area contributed by atoms with Gasteiger partial charge in [-0.2, -0.15) is 0 Å². The Hall–Kier alpha value is -2.47. The number of piperidine rings is 1. The van der Waals surface area contributed by atoms with Crippen molar-refractivity contribution in [2.24, 2.45) is 11.8 Å². The number of ether oxygens (including phenoxy) is 1. The normalized spacial score (nSPS) is 26.6. The molecule has 29 heavy (non-hydrogen) atoms. The standard InChI is InChI=1S/C23H28N2O4/c26-20-10-11-21(27)25(20)16-17-6-8-18(9-7-17)22(28)29-23(12-14-24-15-13-23)19-4-2-1-3-5-19/h1-5,10-11,17-18,24H,6-9,12-16H2/p+1. The second-order valence-corrected chi connectivity index (χ2v) is 8.49. The number of rotatable bonds is 5. The minimum atomic E-state index is -0.510. The quantitative estimate of drug-likeness (QED) is 0.603. The maximum atomic E-state index is 13.0. The first-order valence-corrected chi connectivity index (χ1v) is 10.7. The maximum Gasteiger partial charge on any atom is 0.309 e. The number of carbonyl (C=O) groups is 3. The van der Waals surface area contributed by atoms with Crippen molar-refractivity contribution in [3.63, 3.8) is 0 Å². The number of esters is 1. The highest BCUT2D eigenvalue weighted by atomic mass is 16.6. The van der Waals surface area contributed by atoms with Crippen molar-refractivity contribution in [1.82, 2.24) is 4.90 Å². The monoisotopic (exact) mass is 397 g/mol. The van der Waals surface area contributed by atoms with Gasteiger partial charge >= 0.3 is 5.97 Å². The van der Waals surface area contributed by atoms with E-state index in [1.807, 2.05) is 18.2 Å². The van der Waals surface area contributed by atoms with Gasteiger partial charge in [-0.25, -0.2) is 0 Å². The summed E-state index contributed by atoms with van der Waals surface area (Å²) in [4.78, 5) is 37.9. The van der Waals surface area contributed by atoms with E-state index in [1.54, 1.807) is 0 Å². The number of carbonyl (C=O) groups excluding carboxylic acids is 3. The van der Waals surface area contributed by atoms with Crippen molar-refractivity contribution in [2.75, 3.05) is 19.6 Å². The van der Waals surface area contributed by atoms with Gasteiger partial charge in [-0.05, 0) is 37.2 Å². The number of quaternary nitrogens is 1. The van der Waals surface area contributed by atoms with Crippen molar-refractivity contribution in [2.45, 2.75) is 44.1 Å². The van der Waals surface area contributed by atoms with Crippen LogP contribution in [0.15, 0.2) is 42.5 Å². The fourth-order valence-electron chi connectivity index (χ4n) is 4.86. The lowest BCUT2D eigenvalue weighted by Gasteiger charge is -2.38. The molecule has 2 N–H and O–H groups in total. The molecule has 6 nitrogen and oxygen atoms in total. The summed E-state index contributed by atoms with van der Waals surface area (Å²) in [7, 11) is 0. The van der Waals surface area contributed by atoms with Crippen molar-refractivity contribution in [3.05, 3.63) is 48.0 Å². The Balaban J connectivity index is 1.35. The van der Waals surface area contributed by atoms with Crippen molar-refractivity contribution >= 4 is 17.8 Å². The molecule has 1 saturated heterocycles. The third-order valence-electron chi connectivity index (χ3n) is 6.62. The molecule has 0 spiro atoms. The van der Waals surface area contributed by atoms with E-state index in [-0.39, 0.29) is 29.6 Å². The number of hydrogen-bond acceptors (Lipinski definition) is 4. The molecule has 0 unspecified atom stereocenters. The Kier molecular flexibility index (Phi) is 5.81. The maximum absolute atomic E-state index is 13.0. The molecule has 1 aliphatic carbocycles. The van der Waals surface area contributed by atoms with Crippen LogP contribution in [0, 0.1) is 11.8 Å². The van der Waals surface area contributed by atoms with Crippen molar-refractivity contribution < 1.29 is 24.4 Å². The number of imide groups is 1. The second kappa shape index (κ2) is 8.49. The van der Waals surface area contributed by atoms with Gasteiger partial charge in [-0.1, -0.05) is 30.3 Å². The lowest BCUT2D eigenvalue weighted by atomic mass is 9.81. The van der Waals surface area contributed by atoms with Crippen LogP contribution in [0.2, 0.25) is 0 Å². The molecule has 2 fully saturated rings. The molecule has 1 saturated carbocycles. The summed E-state index contributed by atoms with van der Waals surface area (Å²) in [5, 5.41) is 2.27. The molecule has 3 aliphatic rings. The molecule has 4 rings (SSSR count). The average molecular weight is 397 g/mol. The summed E-state index contributed by atoms with van der Waals surface area (Å²) in [6.45, 7) is 2.37. The second-order valence-electron chi connectivity index (χ2n) is 8.49. The summed E-state index contributed by atoms with van der Waals surface area (Å²) in [5.41, 5.74) is 0.581. The minimum Gasteiger partial charge on any atom is -0.453 e. The van der Waals surface area contributed by atoms with E-state index in [0.29, 0.717) is 6.54 Å². The van der Waals surface area contributed by atoms with Crippen LogP contribution in [0.3, 0.4) is 0 Å². The highest BCUT2D eigenvalue weighted by Crippen LogP contribution is 2.37. The van der Waals surface area contributed by atoms with E-state index in [0.717, 1.165) is 57.2 Å². The molecular weight excluding hydrogens is 368 g/mol. The van der Waals surface area contributed by atoms with Crippen LogP contribution in [-0.2, 0) is 24.7 Å². The number of benzene rings is 1. The summed E-state index contributed by atoms with van der Waals surface area (Å²) in [6.07, 6.45) is 7.51. The van der Waals surface area contributed by atoms with Crippen LogP contribution in [-0.4, -0.2) is 42.3 Å². The molecule has 1 aromatic carbocycles. The smallest absolute Gasteiger partial charge is 0.309 e. The lowest BCUT2D eigenvalue weighted by Crippen LogP contribution is -2.87. The van der Waals surface area contributed by atoms with E-state index in [1.165, 1.54) is 17.1 Å². The van der Waals surface area contributed by atoms with E-state index in [9.17, 15) is 14.4 Å². The summed E-state index contributed by atoms with van der Waals surface area (Å²) in [6, 6.07) is 10.1. The minimum absolute atomic E-state index is 0.0933. The van der Waals surface area contributed by atoms with Gasteiger partial charge in [0.25, 0.3) is 11.8 Å². The van der Waals surface area contributed by atoms with Crippen LogP contribution >= 0.6 is 0 Å². The summed E-state index contributed by atoms with van der Waals surface area (Å²) < 4.78 is 6.22. The molecule has 0 bridgehead atoms. The number of hydrogen-bond donors (Lipinski definition) is 1. The largest absolute Gasteiger partial charge is 0.453 e. The third-order valence-corrected chi connectivity index (χ3v) is 6.62. The molecule has 6 heteroatoms. The van der Waals surface area contributed by atoms with Gasteiger partial charge < -0.3 is 10.1 Å². The lowest BCUT2D eigenvalue weighted by molar-refractivity contribution is -0.668.